The number of anilines is 2. The average Bonchev–Trinajstić information content (AvgIpc) is 3.14. The van der Waals surface area contributed by atoms with Gasteiger partial charge in [-0.3, -0.25) is 4.79 Å². The largest absolute Gasteiger partial charge is 0.477 e. The van der Waals surface area contributed by atoms with Crippen LogP contribution in [0.1, 0.15) is 33.2 Å². The monoisotopic (exact) mass is 389 g/mol. The Morgan fingerprint density at radius 3 is 2.52 bits per heavy atom. The maximum Gasteiger partial charge on any atom is 0.352 e. The third-order valence-corrected chi connectivity index (χ3v) is 4.79. The molecule has 29 heavy (non-hydrogen) atoms. The molecule has 0 saturated heterocycles. The smallest absolute Gasteiger partial charge is 0.352 e. The van der Waals surface area contributed by atoms with Gasteiger partial charge in [-0.05, 0) is 37.1 Å². The molecule has 0 bridgehead atoms. The molecule has 1 atom stereocenters. The Kier molecular flexibility index (Phi) is 4.59. The number of hydrogen-bond donors (Lipinski definition) is 3. The van der Waals surface area contributed by atoms with Crippen molar-refractivity contribution < 1.29 is 14.7 Å². The molecule has 0 fully saturated rings. The predicted molar refractivity (Wildman–Crippen MR) is 108 cm³/mol. The van der Waals surface area contributed by atoms with Gasteiger partial charge in [-0.2, -0.15) is 0 Å². The fourth-order valence-electron chi connectivity index (χ4n) is 3.18. The molecule has 0 saturated carbocycles. The highest BCUT2D eigenvalue weighted by Crippen LogP contribution is 2.31. The molecule has 3 aromatic rings. The zero-order valence-corrected chi connectivity index (χ0v) is 15.9. The number of aryl methyl sites for hydroxylation is 2. The quantitative estimate of drug-likeness (QED) is 0.633. The van der Waals surface area contributed by atoms with Gasteiger partial charge in [-0.1, -0.05) is 53.2 Å². The van der Waals surface area contributed by atoms with Gasteiger partial charge in [0.25, 0.3) is 5.91 Å². The van der Waals surface area contributed by atoms with E-state index in [0.717, 1.165) is 16.7 Å². The van der Waals surface area contributed by atoms with Gasteiger partial charge in [0.2, 0.25) is 0 Å². The molecule has 8 heteroatoms. The van der Waals surface area contributed by atoms with E-state index in [1.807, 2.05) is 56.3 Å². The van der Waals surface area contributed by atoms with Gasteiger partial charge in [0.1, 0.15) is 11.7 Å². The highest BCUT2D eigenvalue weighted by atomic mass is 16.4. The van der Waals surface area contributed by atoms with E-state index in [9.17, 15) is 14.7 Å². The summed E-state index contributed by atoms with van der Waals surface area (Å²) in [6.07, 6.45) is 1.55. The lowest BCUT2D eigenvalue weighted by Crippen LogP contribution is -2.25. The van der Waals surface area contributed by atoms with E-state index in [1.165, 1.54) is 4.68 Å². The molecule has 8 nitrogen and oxygen atoms in total. The van der Waals surface area contributed by atoms with E-state index in [0.29, 0.717) is 5.69 Å². The molecule has 0 radical (unpaired) electrons. The first kappa shape index (κ1) is 18.4. The minimum atomic E-state index is -1.13. The van der Waals surface area contributed by atoms with E-state index >= 15 is 0 Å². The van der Waals surface area contributed by atoms with E-state index < -0.39 is 17.9 Å². The minimum Gasteiger partial charge on any atom is -0.477 e. The van der Waals surface area contributed by atoms with Crippen molar-refractivity contribution in [3.63, 3.8) is 0 Å². The number of carbonyl (C=O) groups is 2. The highest BCUT2D eigenvalue weighted by Gasteiger charge is 2.30. The van der Waals surface area contributed by atoms with E-state index in [1.54, 1.807) is 12.1 Å². The number of benzene rings is 2. The molecule has 2 aromatic carbocycles. The summed E-state index contributed by atoms with van der Waals surface area (Å²) in [5.74, 6) is -1.36. The zero-order chi connectivity index (χ0) is 20.5. The lowest BCUT2D eigenvalue weighted by Gasteiger charge is -2.23. The number of carboxylic acids is 1. The van der Waals surface area contributed by atoms with E-state index in [2.05, 4.69) is 20.9 Å². The van der Waals surface area contributed by atoms with Crippen LogP contribution in [0.25, 0.3) is 0 Å². The van der Waals surface area contributed by atoms with Crippen LogP contribution in [0.2, 0.25) is 0 Å². The second-order valence-corrected chi connectivity index (χ2v) is 6.87. The van der Waals surface area contributed by atoms with Crippen molar-refractivity contribution >= 4 is 23.4 Å². The molecule has 146 valence electrons. The van der Waals surface area contributed by atoms with Crippen molar-refractivity contribution in [1.29, 1.82) is 0 Å². The number of nitrogens with zero attached hydrogens (tertiary/aromatic N) is 3. The number of hydrogen-bond acceptors (Lipinski definition) is 5. The summed E-state index contributed by atoms with van der Waals surface area (Å²) >= 11 is 0. The summed E-state index contributed by atoms with van der Waals surface area (Å²) in [5.41, 5.74) is 3.47. The van der Waals surface area contributed by atoms with Gasteiger partial charge in [0.15, 0.2) is 11.5 Å². The molecular formula is C21H19N5O3. The van der Waals surface area contributed by atoms with Crippen molar-refractivity contribution in [3.05, 3.63) is 82.7 Å². The molecule has 1 amide bonds. The van der Waals surface area contributed by atoms with Crippen molar-refractivity contribution in [2.75, 3.05) is 10.6 Å². The number of rotatable bonds is 4. The van der Waals surface area contributed by atoms with Crippen LogP contribution in [0.5, 0.6) is 0 Å². The van der Waals surface area contributed by atoms with Crippen LogP contribution < -0.4 is 10.6 Å². The average molecular weight is 389 g/mol. The second-order valence-electron chi connectivity index (χ2n) is 6.87. The molecule has 2 heterocycles. The van der Waals surface area contributed by atoms with Crippen molar-refractivity contribution in [1.82, 2.24) is 15.0 Å². The summed E-state index contributed by atoms with van der Waals surface area (Å²) in [5, 5.41) is 23.3. The molecule has 0 spiro atoms. The molecule has 0 aliphatic carbocycles. The SMILES string of the molecule is Cc1ccc([C@H]2C=C(C(=O)O)Nc3c(C(=O)Nc4ccccc4C)nnn32)cc1. The summed E-state index contributed by atoms with van der Waals surface area (Å²) in [6, 6.07) is 14.6. The lowest BCUT2D eigenvalue weighted by molar-refractivity contribution is -0.132. The van der Waals surface area contributed by atoms with Crippen LogP contribution in [0.3, 0.4) is 0 Å². The van der Waals surface area contributed by atoms with E-state index in [4.69, 9.17) is 0 Å². The predicted octanol–water partition coefficient (Wildman–Crippen LogP) is 3.13. The number of aromatic nitrogens is 3. The van der Waals surface area contributed by atoms with Gasteiger partial charge >= 0.3 is 5.97 Å². The zero-order valence-electron chi connectivity index (χ0n) is 15.9. The topological polar surface area (TPSA) is 109 Å². The van der Waals surface area contributed by atoms with Gasteiger partial charge in [-0.15, -0.1) is 5.10 Å². The standard InChI is InChI=1S/C21H19N5O3/c1-12-7-9-14(10-8-12)17-11-16(21(28)29)22-19-18(24-25-26(17)19)20(27)23-15-6-4-3-5-13(15)2/h3-11,17,22H,1-2H3,(H,23,27)(H,28,29)/t17-/m1/s1. The Labute approximate surface area is 166 Å². The van der Waals surface area contributed by atoms with Crippen molar-refractivity contribution in [2.45, 2.75) is 19.9 Å². The normalized spacial score (nSPS) is 15.1. The summed E-state index contributed by atoms with van der Waals surface area (Å²) < 4.78 is 1.52. The fraction of sp³-hybridized carbons (Fsp3) is 0.143. The second kappa shape index (κ2) is 7.23. The number of carbonyl (C=O) groups excluding carboxylic acids is 1. The van der Waals surface area contributed by atoms with Crippen LogP contribution in [0.4, 0.5) is 11.5 Å². The fourth-order valence-corrected chi connectivity index (χ4v) is 3.18. The van der Waals surface area contributed by atoms with Gasteiger partial charge < -0.3 is 15.7 Å². The number of aliphatic carboxylic acids is 1. The first-order chi connectivity index (χ1) is 13.9. The third kappa shape index (κ3) is 3.47. The molecule has 0 unspecified atom stereocenters. The number of nitrogens with one attached hydrogen (secondary N) is 2. The van der Waals surface area contributed by atoms with Crippen LogP contribution in [-0.4, -0.2) is 32.0 Å². The molecule has 1 aliphatic rings. The molecule has 1 aromatic heterocycles. The highest BCUT2D eigenvalue weighted by molar-refractivity contribution is 6.07. The number of fused-ring (bicyclic) bond motifs is 1. The van der Waals surface area contributed by atoms with Gasteiger partial charge in [-0.25, -0.2) is 9.48 Å². The van der Waals surface area contributed by atoms with Crippen LogP contribution in [0, 0.1) is 13.8 Å². The Morgan fingerprint density at radius 1 is 1.10 bits per heavy atom. The number of carboxylic acid groups (broad SMARTS) is 1. The maximum absolute atomic E-state index is 12.8. The van der Waals surface area contributed by atoms with Crippen LogP contribution in [0.15, 0.2) is 60.3 Å². The summed E-state index contributed by atoms with van der Waals surface area (Å²) in [4.78, 5) is 24.5. The Bertz CT molecular complexity index is 1130. The van der Waals surface area contributed by atoms with Crippen molar-refractivity contribution in [2.24, 2.45) is 0 Å². The van der Waals surface area contributed by atoms with Gasteiger partial charge in [0, 0.05) is 5.69 Å². The number of para-hydroxylation sites is 1. The van der Waals surface area contributed by atoms with E-state index in [-0.39, 0.29) is 17.2 Å². The molecule has 3 N–H and O–H groups in total. The van der Waals surface area contributed by atoms with Crippen LogP contribution >= 0.6 is 0 Å². The maximum atomic E-state index is 12.8. The molecule has 4 rings (SSSR count). The Hall–Kier alpha value is -3.94. The lowest BCUT2D eigenvalue weighted by atomic mass is 10.0. The Morgan fingerprint density at radius 2 is 1.83 bits per heavy atom. The first-order valence-corrected chi connectivity index (χ1v) is 9.05. The third-order valence-electron chi connectivity index (χ3n) is 4.79. The molecule has 1 aliphatic heterocycles. The number of allylic oxidation sites excluding steroid dienone is 1. The van der Waals surface area contributed by atoms with Gasteiger partial charge in [0.05, 0.1) is 0 Å². The summed E-state index contributed by atoms with van der Waals surface area (Å²) in [7, 11) is 0. The number of amides is 1. The van der Waals surface area contributed by atoms with Crippen molar-refractivity contribution in [3.8, 4) is 0 Å². The summed E-state index contributed by atoms with van der Waals surface area (Å²) in [6.45, 7) is 3.85. The molecular weight excluding hydrogens is 370 g/mol. The Balaban J connectivity index is 1.73. The first-order valence-electron chi connectivity index (χ1n) is 9.05. The minimum absolute atomic E-state index is 0.0252. The van der Waals surface area contributed by atoms with Crippen LogP contribution in [-0.2, 0) is 4.79 Å².